The van der Waals surface area contributed by atoms with Crippen molar-refractivity contribution in [3.63, 3.8) is 0 Å². The van der Waals surface area contributed by atoms with Crippen molar-refractivity contribution >= 4 is 11.3 Å². The number of nitrogens with zero attached hydrogens (tertiary/aromatic N) is 1. The molecule has 0 radical (unpaired) electrons. The van der Waals surface area contributed by atoms with Crippen molar-refractivity contribution in [2.45, 2.75) is 33.2 Å². The minimum Gasteiger partial charge on any atom is -0.493 e. The molecule has 2 N–H and O–H groups in total. The molecule has 0 saturated carbocycles. The van der Waals surface area contributed by atoms with Crippen molar-refractivity contribution in [3.05, 3.63) is 34.8 Å². The van der Waals surface area contributed by atoms with Crippen LogP contribution >= 0.6 is 11.3 Å². The lowest BCUT2D eigenvalue weighted by molar-refractivity contribution is 0.341. The van der Waals surface area contributed by atoms with Crippen LogP contribution in [0.5, 0.6) is 5.75 Å². The first-order chi connectivity index (χ1) is 9.30. The van der Waals surface area contributed by atoms with Gasteiger partial charge in [-0.1, -0.05) is 25.5 Å². The maximum Gasteiger partial charge on any atom is 0.129 e. The molecule has 0 bridgehead atoms. The van der Waals surface area contributed by atoms with Crippen LogP contribution in [0.3, 0.4) is 0 Å². The molecule has 0 aliphatic rings. The molecule has 1 aromatic carbocycles. The predicted molar refractivity (Wildman–Crippen MR) is 80.6 cm³/mol. The van der Waals surface area contributed by atoms with Gasteiger partial charge >= 0.3 is 0 Å². The minimum atomic E-state index is 0.559. The van der Waals surface area contributed by atoms with Crippen LogP contribution in [0.2, 0.25) is 0 Å². The standard InChI is InChI=1S/C15H20N2OS/c1-3-7-12-14(10-16)19-15(17-12)11-8-5-6-9-13(11)18-4-2/h5-6,8-9H,3-4,7,10,16H2,1-2H3. The first kappa shape index (κ1) is 14.0. The van der Waals surface area contributed by atoms with Crippen LogP contribution in [-0.2, 0) is 13.0 Å². The van der Waals surface area contributed by atoms with Gasteiger partial charge in [0.05, 0.1) is 17.9 Å². The molecule has 0 unspecified atom stereocenters. The maximum atomic E-state index is 5.81. The Morgan fingerprint density at radius 1 is 1.26 bits per heavy atom. The van der Waals surface area contributed by atoms with Gasteiger partial charge in [0.1, 0.15) is 10.8 Å². The molecule has 4 heteroatoms. The highest BCUT2D eigenvalue weighted by Gasteiger charge is 2.14. The van der Waals surface area contributed by atoms with E-state index in [0.717, 1.165) is 34.9 Å². The van der Waals surface area contributed by atoms with E-state index in [1.54, 1.807) is 11.3 Å². The molecule has 19 heavy (non-hydrogen) atoms. The van der Waals surface area contributed by atoms with Gasteiger partial charge < -0.3 is 10.5 Å². The summed E-state index contributed by atoms with van der Waals surface area (Å²) in [6, 6.07) is 8.04. The monoisotopic (exact) mass is 276 g/mol. The molecule has 0 amide bonds. The lowest BCUT2D eigenvalue weighted by Gasteiger charge is -2.07. The number of ether oxygens (including phenoxy) is 1. The Morgan fingerprint density at radius 3 is 2.74 bits per heavy atom. The molecule has 0 atom stereocenters. The zero-order valence-corrected chi connectivity index (χ0v) is 12.3. The zero-order valence-electron chi connectivity index (χ0n) is 11.5. The molecule has 0 aliphatic heterocycles. The van der Waals surface area contributed by atoms with Crippen LogP contribution in [0.4, 0.5) is 0 Å². The molecule has 0 spiro atoms. The Kier molecular flexibility index (Phi) is 4.93. The van der Waals surface area contributed by atoms with Crippen LogP contribution < -0.4 is 10.5 Å². The number of hydrogen-bond acceptors (Lipinski definition) is 4. The van der Waals surface area contributed by atoms with E-state index in [-0.39, 0.29) is 0 Å². The minimum absolute atomic E-state index is 0.559. The first-order valence-electron chi connectivity index (χ1n) is 6.71. The SMILES string of the molecule is CCCc1nc(-c2ccccc2OCC)sc1CN. The summed E-state index contributed by atoms with van der Waals surface area (Å²) in [5.41, 5.74) is 8.01. The normalized spacial score (nSPS) is 10.7. The number of benzene rings is 1. The molecule has 102 valence electrons. The molecule has 0 saturated heterocycles. The second-order valence-corrected chi connectivity index (χ2v) is 5.36. The van der Waals surface area contributed by atoms with Crippen molar-refractivity contribution in [2.24, 2.45) is 5.73 Å². The molecular formula is C15H20N2OS. The molecule has 1 aromatic heterocycles. The van der Waals surface area contributed by atoms with Gasteiger partial charge in [-0.15, -0.1) is 11.3 Å². The van der Waals surface area contributed by atoms with E-state index in [1.165, 1.54) is 4.88 Å². The molecule has 0 fully saturated rings. The average Bonchev–Trinajstić information content (AvgIpc) is 2.83. The number of aromatic nitrogens is 1. The largest absolute Gasteiger partial charge is 0.493 e. The Morgan fingerprint density at radius 2 is 2.05 bits per heavy atom. The highest BCUT2D eigenvalue weighted by Crippen LogP contribution is 2.34. The van der Waals surface area contributed by atoms with E-state index in [9.17, 15) is 0 Å². The van der Waals surface area contributed by atoms with Crippen molar-refractivity contribution in [1.82, 2.24) is 4.98 Å². The van der Waals surface area contributed by atoms with Crippen LogP contribution in [0.1, 0.15) is 30.8 Å². The number of nitrogens with two attached hydrogens (primary N) is 1. The van der Waals surface area contributed by atoms with Gasteiger partial charge in [0.2, 0.25) is 0 Å². The lowest BCUT2D eigenvalue weighted by atomic mass is 10.2. The summed E-state index contributed by atoms with van der Waals surface area (Å²) < 4.78 is 5.67. The molecule has 1 heterocycles. The van der Waals surface area contributed by atoms with Crippen LogP contribution in [0.25, 0.3) is 10.6 Å². The van der Waals surface area contributed by atoms with Gasteiger partial charge in [-0.25, -0.2) is 4.98 Å². The highest BCUT2D eigenvalue weighted by atomic mass is 32.1. The Labute approximate surface area is 118 Å². The van der Waals surface area contributed by atoms with Crippen molar-refractivity contribution in [1.29, 1.82) is 0 Å². The van der Waals surface area contributed by atoms with Gasteiger partial charge in [0.25, 0.3) is 0 Å². The van der Waals surface area contributed by atoms with E-state index in [4.69, 9.17) is 15.5 Å². The summed E-state index contributed by atoms with van der Waals surface area (Å²) in [4.78, 5) is 5.93. The third kappa shape index (κ3) is 3.14. The lowest BCUT2D eigenvalue weighted by Crippen LogP contribution is -1.98. The second-order valence-electron chi connectivity index (χ2n) is 4.27. The highest BCUT2D eigenvalue weighted by molar-refractivity contribution is 7.15. The van der Waals surface area contributed by atoms with Gasteiger partial charge in [0, 0.05) is 11.4 Å². The fourth-order valence-corrected chi connectivity index (χ4v) is 3.03. The third-order valence-corrected chi connectivity index (χ3v) is 4.02. The second kappa shape index (κ2) is 6.68. The van der Waals surface area contributed by atoms with Crippen LogP contribution in [0.15, 0.2) is 24.3 Å². The van der Waals surface area contributed by atoms with Gasteiger partial charge in [-0.3, -0.25) is 0 Å². The summed E-state index contributed by atoms with van der Waals surface area (Å²) >= 11 is 1.68. The molecule has 3 nitrogen and oxygen atoms in total. The topological polar surface area (TPSA) is 48.1 Å². The van der Waals surface area contributed by atoms with Crippen LogP contribution in [0, 0.1) is 0 Å². The fraction of sp³-hybridized carbons (Fsp3) is 0.400. The van der Waals surface area contributed by atoms with Gasteiger partial charge in [0.15, 0.2) is 0 Å². The van der Waals surface area contributed by atoms with E-state index in [2.05, 4.69) is 13.0 Å². The van der Waals surface area contributed by atoms with E-state index >= 15 is 0 Å². The number of rotatable bonds is 6. The van der Waals surface area contributed by atoms with Crippen molar-refractivity contribution in [2.75, 3.05) is 6.61 Å². The third-order valence-electron chi connectivity index (χ3n) is 2.87. The molecule has 0 aliphatic carbocycles. The predicted octanol–water partition coefficient (Wildman–Crippen LogP) is 3.62. The molecular weight excluding hydrogens is 256 g/mol. The summed E-state index contributed by atoms with van der Waals surface area (Å²) in [6.07, 6.45) is 2.07. The summed E-state index contributed by atoms with van der Waals surface area (Å²) in [5.74, 6) is 0.894. The van der Waals surface area contributed by atoms with Crippen molar-refractivity contribution in [3.8, 4) is 16.3 Å². The van der Waals surface area contributed by atoms with Crippen LogP contribution in [-0.4, -0.2) is 11.6 Å². The average molecular weight is 276 g/mol. The Hall–Kier alpha value is -1.39. The van der Waals surface area contributed by atoms with Crippen molar-refractivity contribution < 1.29 is 4.74 Å². The fourth-order valence-electron chi connectivity index (χ4n) is 2.01. The summed E-state index contributed by atoms with van der Waals surface area (Å²) in [5, 5.41) is 1.01. The maximum absolute atomic E-state index is 5.81. The Balaban J connectivity index is 2.41. The smallest absolute Gasteiger partial charge is 0.129 e. The molecule has 2 aromatic rings. The zero-order chi connectivity index (χ0) is 13.7. The Bertz CT molecular complexity index is 537. The van der Waals surface area contributed by atoms with Gasteiger partial charge in [-0.05, 0) is 25.5 Å². The van der Waals surface area contributed by atoms with E-state index in [1.807, 2.05) is 25.1 Å². The van der Waals surface area contributed by atoms with Gasteiger partial charge in [-0.2, -0.15) is 0 Å². The number of thiazole rings is 1. The number of hydrogen-bond donors (Lipinski definition) is 1. The quantitative estimate of drug-likeness (QED) is 0.876. The number of para-hydroxylation sites is 1. The summed E-state index contributed by atoms with van der Waals surface area (Å²) in [6.45, 7) is 5.37. The first-order valence-corrected chi connectivity index (χ1v) is 7.52. The van der Waals surface area contributed by atoms with E-state index in [0.29, 0.717) is 13.2 Å². The molecule has 2 rings (SSSR count). The number of aryl methyl sites for hydroxylation is 1. The van der Waals surface area contributed by atoms with E-state index < -0.39 is 0 Å². The summed E-state index contributed by atoms with van der Waals surface area (Å²) in [7, 11) is 0.